The largest absolute Gasteiger partial charge is 0.487 e. The Labute approximate surface area is 185 Å². The normalized spacial score (nSPS) is 25.9. The van der Waals surface area contributed by atoms with E-state index < -0.39 is 0 Å². The van der Waals surface area contributed by atoms with E-state index in [-0.39, 0.29) is 24.0 Å². The van der Waals surface area contributed by atoms with Crippen LogP contribution in [0.25, 0.3) is 0 Å². The van der Waals surface area contributed by atoms with E-state index in [0.717, 1.165) is 50.9 Å². The Morgan fingerprint density at radius 2 is 1.90 bits per heavy atom. The first kappa shape index (κ1) is 21.6. The molecule has 4 rings (SSSR count). The van der Waals surface area contributed by atoms with Gasteiger partial charge in [0.25, 0.3) is 0 Å². The van der Waals surface area contributed by atoms with E-state index in [0.29, 0.717) is 17.4 Å². The maximum Gasteiger partial charge on any atom is 0.138 e. The smallest absolute Gasteiger partial charge is 0.138 e. The van der Waals surface area contributed by atoms with Crippen molar-refractivity contribution in [2.75, 3.05) is 19.6 Å². The van der Waals surface area contributed by atoms with Crippen LogP contribution in [-0.4, -0.2) is 41.8 Å². The molecule has 2 aromatic carbocycles. The lowest BCUT2D eigenvalue weighted by molar-refractivity contribution is 0.0476. The highest BCUT2D eigenvalue weighted by Crippen LogP contribution is 2.39. The average molecular weight is 429 g/mol. The Morgan fingerprint density at radius 1 is 1.10 bits per heavy atom. The molecule has 3 unspecified atom stereocenters. The number of benzene rings is 2. The lowest BCUT2D eigenvalue weighted by Gasteiger charge is -2.37. The van der Waals surface area contributed by atoms with Crippen molar-refractivity contribution >= 4 is 11.6 Å². The molecule has 0 aromatic heterocycles. The van der Waals surface area contributed by atoms with Crippen molar-refractivity contribution in [3.8, 4) is 5.75 Å². The number of nitrogens with two attached hydrogens (primary N) is 1. The highest BCUT2D eigenvalue weighted by molar-refractivity contribution is 6.32. The van der Waals surface area contributed by atoms with Crippen LogP contribution >= 0.6 is 11.6 Å². The zero-order valence-electron chi connectivity index (χ0n) is 17.6. The topological polar surface area (TPSA) is 58.7 Å². The highest BCUT2D eigenvalue weighted by atomic mass is 35.5. The van der Waals surface area contributed by atoms with Crippen LogP contribution in [0.3, 0.4) is 0 Å². The second kappa shape index (κ2) is 10.1. The molecule has 2 aliphatic rings. The molecule has 4 nitrogen and oxygen atoms in total. The molecule has 30 heavy (non-hydrogen) atoms. The molecule has 1 saturated heterocycles. The number of rotatable bonds is 7. The Hall–Kier alpha value is -1.59. The minimum atomic E-state index is -0.243. The zero-order valence-corrected chi connectivity index (χ0v) is 18.3. The highest BCUT2D eigenvalue weighted by Gasteiger charge is 2.34. The van der Waals surface area contributed by atoms with Crippen LogP contribution in [0.15, 0.2) is 48.5 Å². The molecule has 162 valence electrons. The molecule has 1 saturated carbocycles. The van der Waals surface area contributed by atoms with E-state index in [9.17, 15) is 5.11 Å². The van der Waals surface area contributed by atoms with Crippen molar-refractivity contribution in [1.29, 1.82) is 0 Å². The Kier molecular flexibility index (Phi) is 7.32. The fourth-order valence-corrected chi connectivity index (χ4v) is 5.25. The van der Waals surface area contributed by atoms with Gasteiger partial charge in [0.2, 0.25) is 0 Å². The second-order valence-electron chi connectivity index (χ2n) is 8.89. The minimum Gasteiger partial charge on any atom is -0.487 e. The number of aliphatic hydroxyl groups is 1. The molecule has 0 radical (unpaired) electrons. The first-order valence-electron chi connectivity index (χ1n) is 11.2. The third-order valence-electron chi connectivity index (χ3n) is 6.68. The van der Waals surface area contributed by atoms with Gasteiger partial charge < -0.3 is 20.5 Å². The summed E-state index contributed by atoms with van der Waals surface area (Å²) in [6.45, 7) is 3.39. The molecule has 1 aliphatic heterocycles. The molecule has 0 amide bonds. The predicted molar refractivity (Wildman–Crippen MR) is 122 cm³/mol. The SMILES string of the molecule is N[C@H]1CCN(CC(c2ccc(OCc3ccccc3)c(Cl)c2)C2CCCCC2O)C1. The quantitative estimate of drug-likeness (QED) is 0.677. The standard InChI is InChI=1S/C25H33ClN2O2/c26-23-14-19(10-11-25(23)30-17-18-6-2-1-3-7-18)22(16-28-13-12-20(27)15-28)21-8-4-5-9-24(21)29/h1-3,6-7,10-11,14,20-22,24,29H,4-5,8-9,12-13,15-17,27H2/t20-,21?,22?,24?/m0/s1. The first-order chi connectivity index (χ1) is 14.6. The molecule has 1 heterocycles. The lowest BCUT2D eigenvalue weighted by atomic mass is 9.74. The molecular weight excluding hydrogens is 396 g/mol. The van der Waals surface area contributed by atoms with E-state index in [1.54, 1.807) is 0 Å². The van der Waals surface area contributed by atoms with Gasteiger partial charge >= 0.3 is 0 Å². The number of hydrogen-bond donors (Lipinski definition) is 2. The van der Waals surface area contributed by atoms with Crippen molar-refractivity contribution in [2.45, 2.75) is 56.8 Å². The number of ether oxygens (including phenoxy) is 1. The second-order valence-corrected chi connectivity index (χ2v) is 9.30. The van der Waals surface area contributed by atoms with Gasteiger partial charge in [-0.3, -0.25) is 0 Å². The first-order valence-corrected chi connectivity index (χ1v) is 11.6. The van der Waals surface area contributed by atoms with Crippen LogP contribution in [0.2, 0.25) is 5.02 Å². The summed E-state index contributed by atoms with van der Waals surface area (Å²) < 4.78 is 5.96. The van der Waals surface area contributed by atoms with E-state index in [1.165, 1.54) is 12.0 Å². The van der Waals surface area contributed by atoms with Gasteiger partial charge in [-0.25, -0.2) is 0 Å². The minimum absolute atomic E-state index is 0.243. The third kappa shape index (κ3) is 5.36. The number of halogens is 1. The van der Waals surface area contributed by atoms with E-state index in [2.05, 4.69) is 11.0 Å². The molecule has 0 bridgehead atoms. The molecule has 2 aromatic rings. The number of likely N-dealkylation sites (tertiary alicyclic amines) is 1. The van der Waals surface area contributed by atoms with Gasteiger partial charge in [0.05, 0.1) is 11.1 Å². The summed E-state index contributed by atoms with van der Waals surface area (Å²) in [5.41, 5.74) is 8.45. The fraction of sp³-hybridized carbons (Fsp3) is 0.520. The molecule has 2 fully saturated rings. The number of nitrogens with zero attached hydrogens (tertiary/aromatic N) is 1. The van der Waals surface area contributed by atoms with Gasteiger partial charge in [-0.05, 0) is 55.0 Å². The monoisotopic (exact) mass is 428 g/mol. The van der Waals surface area contributed by atoms with Crippen LogP contribution in [-0.2, 0) is 6.61 Å². The molecule has 4 atom stereocenters. The summed E-state index contributed by atoms with van der Waals surface area (Å²) in [5.74, 6) is 1.23. The summed E-state index contributed by atoms with van der Waals surface area (Å²) >= 11 is 6.63. The zero-order chi connectivity index (χ0) is 20.9. The van der Waals surface area contributed by atoms with Gasteiger partial charge in [0.15, 0.2) is 0 Å². The van der Waals surface area contributed by atoms with Crippen LogP contribution in [0, 0.1) is 5.92 Å². The predicted octanol–water partition coefficient (Wildman–Crippen LogP) is 4.59. The van der Waals surface area contributed by atoms with Crippen molar-refractivity contribution < 1.29 is 9.84 Å². The van der Waals surface area contributed by atoms with Gasteiger partial charge in [0, 0.05) is 25.0 Å². The van der Waals surface area contributed by atoms with Gasteiger partial charge in [-0.15, -0.1) is 0 Å². The van der Waals surface area contributed by atoms with Crippen LogP contribution in [0.1, 0.15) is 49.1 Å². The number of hydrogen-bond acceptors (Lipinski definition) is 4. The molecule has 3 N–H and O–H groups in total. The summed E-state index contributed by atoms with van der Waals surface area (Å²) in [7, 11) is 0. The summed E-state index contributed by atoms with van der Waals surface area (Å²) in [6, 6.07) is 16.5. The van der Waals surface area contributed by atoms with E-state index in [1.807, 2.05) is 42.5 Å². The average Bonchev–Trinajstić information content (AvgIpc) is 3.17. The summed E-state index contributed by atoms with van der Waals surface area (Å²) in [6.07, 6.45) is 5.07. The van der Waals surface area contributed by atoms with E-state index in [4.69, 9.17) is 22.1 Å². The molecule has 1 aliphatic carbocycles. The van der Waals surface area contributed by atoms with Crippen molar-refractivity contribution in [3.63, 3.8) is 0 Å². The van der Waals surface area contributed by atoms with Crippen molar-refractivity contribution in [1.82, 2.24) is 4.90 Å². The lowest BCUT2D eigenvalue weighted by Crippen LogP contribution is -2.37. The number of aliphatic hydroxyl groups excluding tert-OH is 1. The summed E-state index contributed by atoms with van der Waals surface area (Å²) in [5, 5.41) is 11.4. The third-order valence-corrected chi connectivity index (χ3v) is 6.98. The van der Waals surface area contributed by atoms with Crippen LogP contribution < -0.4 is 10.5 Å². The van der Waals surface area contributed by atoms with Gasteiger partial charge in [-0.1, -0.05) is 60.8 Å². The molecular formula is C25H33ClN2O2. The van der Waals surface area contributed by atoms with Crippen molar-refractivity contribution in [3.05, 3.63) is 64.7 Å². The molecule has 5 heteroatoms. The Morgan fingerprint density at radius 3 is 2.60 bits per heavy atom. The van der Waals surface area contributed by atoms with Crippen molar-refractivity contribution in [2.24, 2.45) is 11.7 Å². The maximum absolute atomic E-state index is 10.8. The van der Waals surface area contributed by atoms with Gasteiger partial charge in [-0.2, -0.15) is 0 Å². The molecule has 0 spiro atoms. The van der Waals surface area contributed by atoms with Crippen LogP contribution in [0.5, 0.6) is 5.75 Å². The fourth-order valence-electron chi connectivity index (χ4n) is 5.00. The summed E-state index contributed by atoms with van der Waals surface area (Å²) in [4.78, 5) is 2.45. The Balaban J connectivity index is 1.51. The van der Waals surface area contributed by atoms with E-state index >= 15 is 0 Å². The van der Waals surface area contributed by atoms with Crippen LogP contribution in [0.4, 0.5) is 0 Å². The van der Waals surface area contributed by atoms with Gasteiger partial charge in [0.1, 0.15) is 12.4 Å². The Bertz CT molecular complexity index is 816. The maximum atomic E-state index is 10.8.